The molecule has 0 aliphatic rings. The lowest BCUT2D eigenvalue weighted by Crippen LogP contribution is -2.10. The molecule has 0 amide bonds. The van der Waals surface area contributed by atoms with Crippen LogP contribution in [0.1, 0.15) is 0 Å². The van der Waals surface area contributed by atoms with Crippen LogP contribution in [0, 0.1) is 0 Å². The van der Waals surface area contributed by atoms with Crippen LogP contribution < -0.4 is 4.90 Å². The molecule has 0 atom stereocenters. The zero-order valence-electron chi connectivity index (χ0n) is 33.1. The lowest BCUT2D eigenvalue weighted by atomic mass is 9.96. The Balaban J connectivity index is 0.975. The third-order valence-electron chi connectivity index (χ3n) is 12.1. The average Bonchev–Trinajstić information content (AvgIpc) is 3.91. The van der Waals surface area contributed by atoms with Crippen LogP contribution in [0.4, 0.5) is 17.1 Å². The molecule has 0 radical (unpaired) electrons. The minimum Gasteiger partial charge on any atom is -0.455 e. The summed E-state index contributed by atoms with van der Waals surface area (Å²) < 4.78 is 9.14. The quantitative estimate of drug-likeness (QED) is 0.160. The summed E-state index contributed by atoms with van der Waals surface area (Å²) in [5.74, 6) is 0. The summed E-state index contributed by atoms with van der Waals surface area (Å²) in [6, 6.07) is 81.1. The number of benzene rings is 10. The predicted molar refractivity (Wildman–Crippen MR) is 261 cm³/mol. The lowest BCUT2D eigenvalue weighted by Gasteiger charge is -2.28. The third kappa shape index (κ3) is 6.01. The highest BCUT2D eigenvalue weighted by molar-refractivity contribution is 7.25. The molecule has 0 aliphatic carbocycles. The lowest BCUT2D eigenvalue weighted by molar-refractivity contribution is 0.670. The maximum absolute atomic E-state index is 6.52. The zero-order chi connectivity index (χ0) is 40.3. The van der Waals surface area contributed by atoms with Gasteiger partial charge >= 0.3 is 0 Å². The molecule has 2 nitrogen and oxygen atoms in total. The number of fused-ring (bicyclic) bond motifs is 7. The number of thiophene rings is 1. The Kier molecular flexibility index (Phi) is 8.39. The van der Waals surface area contributed by atoms with Gasteiger partial charge in [-0.05, 0) is 98.9 Å². The molecular formula is C58H37NOS. The molecular weight excluding hydrogens is 759 g/mol. The summed E-state index contributed by atoms with van der Waals surface area (Å²) in [5.41, 5.74) is 14.6. The predicted octanol–water partition coefficient (Wildman–Crippen LogP) is 17.2. The van der Waals surface area contributed by atoms with Crippen molar-refractivity contribution in [2.45, 2.75) is 0 Å². The molecule has 0 N–H and O–H groups in total. The number of nitrogens with zero attached hydrogens (tertiary/aromatic N) is 1. The Hall–Kier alpha value is -7.72. The summed E-state index contributed by atoms with van der Waals surface area (Å²) in [5, 5.41) is 7.29. The molecule has 0 bridgehead atoms. The van der Waals surface area contributed by atoms with Crippen LogP contribution in [0.25, 0.3) is 97.4 Å². The number of hydrogen-bond donors (Lipinski definition) is 0. The molecule has 0 unspecified atom stereocenters. The van der Waals surface area contributed by atoms with Crippen molar-refractivity contribution < 1.29 is 4.42 Å². The second-order valence-corrected chi connectivity index (χ2v) is 16.7. The molecule has 0 spiro atoms. The zero-order valence-corrected chi connectivity index (χ0v) is 33.9. The highest BCUT2D eigenvalue weighted by Crippen LogP contribution is 2.45. The van der Waals surface area contributed by atoms with E-state index in [0.29, 0.717) is 0 Å². The first-order valence-corrected chi connectivity index (χ1v) is 21.6. The van der Waals surface area contributed by atoms with Crippen molar-refractivity contribution >= 4 is 81.3 Å². The van der Waals surface area contributed by atoms with Crippen LogP contribution >= 0.6 is 11.3 Å². The highest BCUT2D eigenvalue weighted by Gasteiger charge is 2.19. The standard InChI is InChI=1S/C58H37NOS/c1-3-13-39(14-4-1)45-34-35-53(49-18-8-7-17-48(45)49)59(44-32-27-41(28-33-44)46-20-12-24-56-57(46)51-19-9-10-23-55(51)61-56)43-30-25-38(26-31-43)42-29-36-54-52(37-42)50-22-11-21-47(58(50)60-54)40-15-5-2-6-16-40/h1-37H. The monoisotopic (exact) mass is 795 g/mol. The molecule has 12 aromatic rings. The van der Waals surface area contributed by atoms with Crippen molar-refractivity contribution in [2.75, 3.05) is 4.90 Å². The number of para-hydroxylation sites is 1. The number of furan rings is 1. The van der Waals surface area contributed by atoms with Gasteiger partial charge in [0.05, 0.1) is 5.69 Å². The molecule has 0 saturated heterocycles. The molecule has 286 valence electrons. The van der Waals surface area contributed by atoms with E-state index < -0.39 is 0 Å². The van der Waals surface area contributed by atoms with E-state index >= 15 is 0 Å². The molecule has 2 heterocycles. The van der Waals surface area contributed by atoms with E-state index in [-0.39, 0.29) is 0 Å². The van der Waals surface area contributed by atoms with Crippen molar-refractivity contribution in [2.24, 2.45) is 0 Å². The maximum atomic E-state index is 6.52. The van der Waals surface area contributed by atoms with Gasteiger partial charge < -0.3 is 9.32 Å². The van der Waals surface area contributed by atoms with Crippen LogP contribution in [0.2, 0.25) is 0 Å². The van der Waals surface area contributed by atoms with E-state index in [0.717, 1.165) is 61.3 Å². The van der Waals surface area contributed by atoms with Gasteiger partial charge in [0.25, 0.3) is 0 Å². The second kappa shape index (κ2) is 14.5. The Morgan fingerprint density at radius 3 is 1.64 bits per heavy atom. The summed E-state index contributed by atoms with van der Waals surface area (Å²) in [6.45, 7) is 0. The van der Waals surface area contributed by atoms with Gasteiger partial charge in [-0.15, -0.1) is 11.3 Å². The van der Waals surface area contributed by atoms with Gasteiger partial charge in [-0.3, -0.25) is 0 Å². The molecule has 0 saturated carbocycles. The Bertz CT molecular complexity index is 3570. The third-order valence-corrected chi connectivity index (χ3v) is 13.2. The van der Waals surface area contributed by atoms with Crippen LogP contribution in [0.3, 0.4) is 0 Å². The molecule has 2 aromatic heterocycles. The van der Waals surface area contributed by atoms with Gasteiger partial charge in [-0.1, -0.05) is 170 Å². The molecule has 12 rings (SSSR count). The van der Waals surface area contributed by atoms with Crippen molar-refractivity contribution in [1.82, 2.24) is 0 Å². The van der Waals surface area contributed by atoms with E-state index in [2.05, 4.69) is 223 Å². The number of rotatable bonds is 7. The van der Waals surface area contributed by atoms with E-state index in [9.17, 15) is 0 Å². The smallest absolute Gasteiger partial charge is 0.143 e. The van der Waals surface area contributed by atoms with Gasteiger partial charge in [0.1, 0.15) is 11.2 Å². The summed E-state index contributed by atoms with van der Waals surface area (Å²) in [7, 11) is 0. The second-order valence-electron chi connectivity index (χ2n) is 15.6. The summed E-state index contributed by atoms with van der Waals surface area (Å²) >= 11 is 1.86. The van der Waals surface area contributed by atoms with Gasteiger partial charge in [0.2, 0.25) is 0 Å². The maximum Gasteiger partial charge on any atom is 0.143 e. The Labute approximate surface area is 357 Å². The molecule has 0 fully saturated rings. The minimum atomic E-state index is 0.891. The fourth-order valence-electron chi connectivity index (χ4n) is 9.21. The average molecular weight is 796 g/mol. The number of anilines is 3. The molecule has 0 aliphatic heterocycles. The summed E-state index contributed by atoms with van der Waals surface area (Å²) in [4.78, 5) is 2.41. The van der Waals surface area contributed by atoms with E-state index in [1.54, 1.807) is 0 Å². The summed E-state index contributed by atoms with van der Waals surface area (Å²) in [6.07, 6.45) is 0. The van der Waals surface area contributed by atoms with Crippen molar-refractivity contribution in [3.05, 3.63) is 224 Å². The first kappa shape index (κ1) is 35.2. The van der Waals surface area contributed by atoms with Gasteiger partial charge in [0, 0.05) is 53.3 Å². The van der Waals surface area contributed by atoms with Gasteiger partial charge in [-0.25, -0.2) is 0 Å². The fourth-order valence-corrected chi connectivity index (χ4v) is 10.3. The van der Waals surface area contributed by atoms with Gasteiger partial charge in [-0.2, -0.15) is 0 Å². The van der Waals surface area contributed by atoms with E-state index in [1.165, 1.54) is 53.2 Å². The van der Waals surface area contributed by atoms with E-state index in [1.807, 2.05) is 17.4 Å². The van der Waals surface area contributed by atoms with Crippen molar-refractivity contribution in [3.8, 4) is 44.5 Å². The van der Waals surface area contributed by atoms with Crippen LogP contribution in [-0.4, -0.2) is 0 Å². The largest absolute Gasteiger partial charge is 0.455 e. The number of hydrogen-bond acceptors (Lipinski definition) is 3. The first-order chi connectivity index (χ1) is 30.2. The van der Waals surface area contributed by atoms with Crippen LogP contribution in [0.15, 0.2) is 229 Å². The first-order valence-electron chi connectivity index (χ1n) is 20.7. The van der Waals surface area contributed by atoms with Crippen LogP contribution in [-0.2, 0) is 0 Å². The van der Waals surface area contributed by atoms with E-state index in [4.69, 9.17) is 4.42 Å². The highest BCUT2D eigenvalue weighted by atomic mass is 32.1. The van der Waals surface area contributed by atoms with Crippen molar-refractivity contribution in [1.29, 1.82) is 0 Å². The SMILES string of the molecule is c1ccc(-c2ccc(N(c3ccc(-c4ccc5oc6c(-c7ccccc7)cccc6c5c4)cc3)c3ccc(-c4cccc5sc6ccccc6c45)cc3)c3ccccc23)cc1. The van der Waals surface area contributed by atoms with Gasteiger partial charge in [0.15, 0.2) is 0 Å². The molecule has 3 heteroatoms. The fraction of sp³-hybridized carbons (Fsp3) is 0. The topological polar surface area (TPSA) is 16.4 Å². The van der Waals surface area contributed by atoms with Crippen molar-refractivity contribution in [3.63, 3.8) is 0 Å². The normalized spacial score (nSPS) is 11.6. The Morgan fingerprint density at radius 1 is 0.328 bits per heavy atom. The molecule has 61 heavy (non-hydrogen) atoms. The van der Waals surface area contributed by atoms with Crippen LogP contribution in [0.5, 0.6) is 0 Å². The minimum absolute atomic E-state index is 0.891. The molecule has 10 aromatic carbocycles. The Morgan fingerprint density at radius 2 is 0.885 bits per heavy atom.